The van der Waals surface area contributed by atoms with Crippen molar-refractivity contribution in [1.29, 1.82) is 0 Å². The minimum Gasteiger partial charge on any atom is -0.330 e. The molecule has 0 heterocycles. The Balaban J connectivity index is 2.76. The predicted octanol–water partition coefficient (Wildman–Crippen LogP) is 2.97. The van der Waals surface area contributed by atoms with Crippen molar-refractivity contribution in [1.82, 2.24) is 0 Å². The van der Waals surface area contributed by atoms with Crippen molar-refractivity contribution < 1.29 is 9.18 Å². The maximum absolute atomic E-state index is 13.2. The van der Waals surface area contributed by atoms with Crippen molar-refractivity contribution in [2.75, 3.05) is 6.54 Å². The zero-order valence-electron chi connectivity index (χ0n) is 9.88. The fraction of sp³-hybridized carbons (Fsp3) is 0.462. The van der Waals surface area contributed by atoms with Crippen molar-refractivity contribution in [2.45, 2.75) is 26.2 Å². The summed E-state index contributed by atoms with van der Waals surface area (Å²) >= 11 is 5.80. The van der Waals surface area contributed by atoms with Crippen LogP contribution in [-0.4, -0.2) is 12.3 Å². The van der Waals surface area contributed by atoms with E-state index < -0.39 is 5.82 Å². The van der Waals surface area contributed by atoms with E-state index in [0.29, 0.717) is 12.1 Å². The highest BCUT2D eigenvalue weighted by atomic mass is 35.5. The zero-order valence-corrected chi connectivity index (χ0v) is 10.6. The summed E-state index contributed by atoms with van der Waals surface area (Å²) in [6.45, 7) is 2.34. The van der Waals surface area contributed by atoms with E-state index in [1.807, 2.05) is 6.92 Å². The molecule has 4 heteroatoms. The van der Waals surface area contributed by atoms with Gasteiger partial charge in [-0.2, -0.15) is 0 Å². The predicted molar refractivity (Wildman–Crippen MR) is 67.6 cm³/mol. The van der Waals surface area contributed by atoms with Gasteiger partial charge in [0.25, 0.3) is 0 Å². The molecule has 17 heavy (non-hydrogen) atoms. The Morgan fingerprint density at radius 1 is 1.53 bits per heavy atom. The van der Waals surface area contributed by atoms with Crippen molar-refractivity contribution in [3.8, 4) is 0 Å². The van der Waals surface area contributed by atoms with Crippen LogP contribution in [0.3, 0.4) is 0 Å². The van der Waals surface area contributed by atoms with Gasteiger partial charge in [0, 0.05) is 18.9 Å². The number of hydrogen-bond acceptors (Lipinski definition) is 2. The van der Waals surface area contributed by atoms with Crippen LogP contribution < -0.4 is 5.73 Å². The quantitative estimate of drug-likeness (QED) is 0.851. The van der Waals surface area contributed by atoms with Gasteiger partial charge in [-0.25, -0.2) is 4.39 Å². The number of Topliss-reactive ketones (excluding diaryl/α,β-unsaturated/α-hetero) is 1. The average molecular weight is 258 g/mol. The number of ketones is 1. The second-order valence-electron chi connectivity index (χ2n) is 4.08. The number of hydrogen-bond donors (Lipinski definition) is 1. The van der Waals surface area contributed by atoms with Gasteiger partial charge in [0.15, 0.2) is 0 Å². The first kappa shape index (κ1) is 14.1. The fourth-order valence-electron chi connectivity index (χ4n) is 1.78. The lowest BCUT2D eigenvalue weighted by Gasteiger charge is -2.13. The number of carbonyl (C=O) groups excluding carboxylic acids is 1. The van der Waals surface area contributed by atoms with Crippen LogP contribution in [0.15, 0.2) is 18.2 Å². The van der Waals surface area contributed by atoms with Crippen LogP contribution in [0.25, 0.3) is 0 Å². The molecule has 1 unspecified atom stereocenters. The fourth-order valence-corrected chi connectivity index (χ4v) is 1.97. The summed E-state index contributed by atoms with van der Waals surface area (Å²) in [4.78, 5) is 11.9. The maximum atomic E-state index is 13.2. The van der Waals surface area contributed by atoms with Crippen molar-refractivity contribution >= 4 is 17.4 Å². The third-order valence-electron chi connectivity index (χ3n) is 2.77. The summed E-state index contributed by atoms with van der Waals surface area (Å²) in [5, 5.41) is 0.0353. The molecular weight excluding hydrogens is 241 g/mol. The van der Waals surface area contributed by atoms with E-state index in [-0.39, 0.29) is 23.1 Å². The van der Waals surface area contributed by atoms with Crippen LogP contribution in [0, 0.1) is 11.7 Å². The lowest BCUT2D eigenvalue weighted by Crippen LogP contribution is -2.25. The molecule has 2 nitrogen and oxygen atoms in total. The molecule has 94 valence electrons. The normalized spacial score (nSPS) is 12.5. The Morgan fingerprint density at radius 3 is 2.82 bits per heavy atom. The Hall–Kier alpha value is -0.930. The van der Waals surface area contributed by atoms with E-state index in [2.05, 4.69) is 0 Å². The molecule has 0 fully saturated rings. The van der Waals surface area contributed by atoms with Gasteiger partial charge < -0.3 is 5.73 Å². The van der Waals surface area contributed by atoms with Gasteiger partial charge in [-0.1, -0.05) is 37.1 Å². The van der Waals surface area contributed by atoms with Crippen molar-refractivity contribution in [3.63, 3.8) is 0 Å². The van der Waals surface area contributed by atoms with Crippen LogP contribution >= 0.6 is 11.6 Å². The summed E-state index contributed by atoms with van der Waals surface area (Å²) in [7, 11) is 0. The molecule has 0 saturated heterocycles. The molecule has 1 aromatic rings. The summed E-state index contributed by atoms with van der Waals surface area (Å²) in [6, 6.07) is 4.51. The van der Waals surface area contributed by atoms with E-state index in [9.17, 15) is 9.18 Å². The van der Waals surface area contributed by atoms with Gasteiger partial charge in [0.1, 0.15) is 11.6 Å². The third kappa shape index (κ3) is 3.79. The van der Waals surface area contributed by atoms with E-state index in [4.69, 9.17) is 17.3 Å². The molecule has 0 aromatic heterocycles. The van der Waals surface area contributed by atoms with Crippen LogP contribution in [-0.2, 0) is 11.2 Å². The topological polar surface area (TPSA) is 43.1 Å². The zero-order chi connectivity index (χ0) is 12.8. The average Bonchev–Trinajstić information content (AvgIpc) is 2.31. The monoisotopic (exact) mass is 257 g/mol. The Morgan fingerprint density at radius 2 is 2.24 bits per heavy atom. The highest BCUT2D eigenvalue weighted by molar-refractivity contribution is 6.31. The Bertz CT molecular complexity index is 395. The van der Waals surface area contributed by atoms with Gasteiger partial charge in [0.05, 0.1) is 5.02 Å². The largest absolute Gasteiger partial charge is 0.330 e. The first-order chi connectivity index (χ1) is 8.10. The molecule has 1 rings (SSSR count). The summed E-state index contributed by atoms with van der Waals surface area (Å²) in [5.41, 5.74) is 6.09. The summed E-state index contributed by atoms with van der Waals surface area (Å²) in [5.74, 6) is -0.613. The lowest BCUT2D eigenvalue weighted by atomic mass is 9.94. The molecule has 2 N–H and O–H groups in total. The molecule has 0 saturated carbocycles. The summed E-state index contributed by atoms with van der Waals surface area (Å²) < 4.78 is 13.2. The van der Waals surface area contributed by atoms with Crippen molar-refractivity contribution in [3.05, 3.63) is 34.6 Å². The van der Waals surface area contributed by atoms with Crippen LogP contribution in [0.5, 0.6) is 0 Å². The van der Waals surface area contributed by atoms with Gasteiger partial charge in [0.2, 0.25) is 0 Å². The standard InChI is InChI=1S/C13H17ClFNO/c1-2-4-10(8-16)12(17)7-9-5-3-6-11(15)13(9)14/h3,5-6,10H,2,4,7-8,16H2,1H3. The second-order valence-corrected chi connectivity index (χ2v) is 4.46. The molecule has 1 atom stereocenters. The van der Waals surface area contributed by atoms with E-state index in [1.165, 1.54) is 6.07 Å². The van der Waals surface area contributed by atoms with Crippen molar-refractivity contribution in [2.24, 2.45) is 11.7 Å². The van der Waals surface area contributed by atoms with Crippen LogP contribution in [0.2, 0.25) is 5.02 Å². The lowest BCUT2D eigenvalue weighted by molar-refractivity contribution is -0.122. The Kier molecular flexibility index (Phi) is 5.59. The molecular formula is C13H17ClFNO. The molecule has 0 spiro atoms. The molecule has 0 aliphatic heterocycles. The first-order valence-corrected chi connectivity index (χ1v) is 6.13. The highest BCUT2D eigenvalue weighted by Crippen LogP contribution is 2.21. The maximum Gasteiger partial charge on any atom is 0.142 e. The minimum atomic E-state index is -0.489. The minimum absolute atomic E-state index is 0.0295. The second kappa shape index (κ2) is 6.72. The first-order valence-electron chi connectivity index (χ1n) is 5.75. The van der Waals surface area contributed by atoms with Crippen LogP contribution in [0.4, 0.5) is 4.39 Å². The Labute approximate surface area is 106 Å². The third-order valence-corrected chi connectivity index (χ3v) is 3.20. The molecule has 0 amide bonds. The van der Waals surface area contributed by atoms with Gasteiger partial charge >= 0.3 is 0 Å². The molecule has 0 bridgehead atoms. The van der Waals surface area contributed by atoms with Crippen LogP contribution in [0.1, 0.15) is 25.3 Å². The smallest absolute Gasteiger partial charge is 0.142 e. The van der Waals surface area contributed by atoms with E-state index in [1.54, 1.807) is 12.1 Å². The summed E-state index contributed by atoms with van der Waals surface area (Å²) in [6.07, 6.45) is 1.82. The van der Waals surface area contributed by atoms with Gasteiger partial charge in [-0.15, -0.1) is 0 Å². The van der Waals surface area contributed by atoms with Gasteiger partial charge in [-0.3, -0.25) is 4.79 Å². The molecule has 0 aliphatic carbocycles. The van der Waals surface area contributed by atoms with E-state index >= 15 is 0 Å². The van der Waals surface area contributed by atoms with E-state index in [0.717, 1.165) is 12.8 Å². The number of halogens is 2. The number of rotatable bonds is 6. The number of nitrogens with two attached hydrogens (primary N) is 1. The molecule has 1 aromatic carbocycles. The SMILES string of the molecule is CCCC(CN)C(=O)Cc1cccc(F)c1Cl. The number of benzene rings is 1. The molecule has 0 radical (unpaired) electrons. The molecule has 0 aliphatic rings. The number of carbonyl (C=O) groups is 1. The highest BCUT2D eigenvalue weighted by Gasteiger charge is 2.18. The van der Waals surface area contributed by atoms with Gasteiger partial charge in [-0.05, 0) is 18.1 Å².